The molecule has 0 fully saturated rings. The molecule has 0 amide bonds. The van der Waals surface area contributed by atoms with E-state index in [2.05, 4.69) is 17.4 Å². The molecule has 0 spiro atoms. The Morgan fingerprint density at radius 3 is 2.52 bits per heavy atom. The van der Waals surface area contributed by atoms with Gasteiger partial charge in [0.25, 0.3) is 0 Å². The maximum absolute atomic E-state index is 11.5. The van der Waals surface area contributed by atoms with Crippen molar-refractivity contribution >= 4 is 21.6 Å². The highest BCUT2D eigenvalue weighted by atomic mass is 35.5. The van der Waals surface area contributed by atoms with Crippen molar-refractivity contribution in [3.63, 3.8) is 0 Å². The van der Waals surface area contributed by atoms with Gasteiger partial charge in [-0.2, -0.15) is 0 Å². The molecule has 0 bridgehead atoms. The first-order valence-electron chi connectivity index (χ1n) is 8.04. The molecule has 0 aromatic heterocycles. The summed E-state index contributed by atoms with van der Waals surface area (Å²) in [5, 5.41) is 18.9. The fourth-order valence-electron chi connectivity index (χ4n) is 2.50. The molecule has 0 aliphatic carbocycles. The fourth-order valence-corrected chi connectivity index (χ4v) is 3.40. The highest BCUT2D eigenvalue weighted by Gasteiger charge is 2.15. The molecular formula is C18H23ClN2O3S. The molecule has 2 aromatic carbocycles. The minimum atomic E-state index is -3.87. The van der Waals surface area contributed by atoms with Crippen LogP contribution >= 0.6 is 11.6 Å². The predicted octanol–water partition coefficient (Wildman–Crippen LogP) is 2.63. The first kappa shape index (κ1) is 19.9. The van der Waals surface area contributed by atoms with E-state index in [0.29, 0.717) is 12.1 Å². The van der Waals surface area contributed by atoms with Crippen LogP contribution in [0.5, 0.6) is 0 Å². The van der Waals surface area contributed by atoms with Crippen molar-refractivity contribution in [3.05, 3.63) is 64.7 Å². The number of rotatable bonds is 8. The van der Waals surface area contributed by atoms with Crippen molar-refractivity contribution in [2.75, 3.05) is 6.54 Å². The highest BCUT2D eigenvalue weighted by Crippen LogP contribution is 2.22. The summed E-state index contributed by atoms with van der Waals surface area (Å²) in [6.07, 6.45) is 0.991. The molecule has 2 atom stereocenters. The lowest BCUT2D eigenvalue weighted by Crippen LogP contribution is -2.31. The lowest BCUT2D eigenvalue weighted by atomic mass is 10.1. The van der Waals surface area contributed by atoms with E-state index in [1.165, 1.54) is 23.8 Å². The first-order chi connectivity index (χ1) is 11.8. The summed E-state index contributed by atoms with van der Waals surface area (Å²) >= 11 is 5.93. The molecule has 0 aliphatic rings. The summed E-state index contributed by atoms with van der Waals surface area (Å²) < 4.78 is 22.9. The molecule has 0 radical (unpaired) electrons. The van der Waals surface area contributed by atoms with E-state index in [1.807, 2.05) is 25.1 Å². The van der Waals surface area contributed by atoms with E-state index < -0.39 is 16.1 Å². The maximum atomic E-state index is 11.5. The predicted molar refractivity (Wildman–Crippen MR) is 100 cm³/mol. The van der Waals surface area contributed by atoms with Crippen molar-refractivity contribution in [2.45, 2.75) is 36.8 Å². The second-order valence-electron chi connectivity index (χ2n) is 6.11. The summed E-state index contributed by atoms with van der Waals surface area (Å²) in [6, 6.07) is 14.5. The van der Waals surface area contributed by atoms with Crippen LogP contribution in [-0.4, -0.2) is 26.1 Å². The monoisotopic (exact) mass is 382 g/mol. The van der Waals surface area contributed by atoms with E-state index in [1.54, 1.807) is 0 Å². The SMILES string of the molecule is CC(CCc1ccccc1)NCC(O)c1cc(Cl)cc(S(N)(=O)=O)c1. The number of aliphatic hydroxyl groups is 1. The third kappa shape index (κ3) is 6.41. The summed E-state index contributed by atoms with van der Waals surface area (Å²) in [6.45, 7) is 2.34. The number of halogens is 1. The van der Waals surface area contributed by atoms with Crippen molar-refractivity contribution in [3.8, 4) is 0 Å². The smallest absolute Gasteiger partial charge is 0.238 e. The van der Waals surface area contributed by atoms with Crippen molar-refractivity contribution in [1.29, 1.82) is 0 Å². The number of nitrogens with two attached hydrogens (primary N) is 1. The second-order valence-corrected chi connectivity index (χ2v) is 8.11. The Hall–Kier alpha value is -1.44. The zero-order valence-electron chi connectivity index (χ0n) is 14.0. The molecule has 2 rings (SSSR count). The number of hydrogen-bond acceptors (Lipinski definition) is 4. The third-order valence-electron chi connectivity index (χ3n) is 3.98. The van der Waals surface area contributed by atoms with Crippen molar-refractivity contribution in [2.24, 2.45) is 5.14 Å². The molecule has 5 nitrogen and oxygen atoms in total. The van der Waals surface area contributed by atoms with Gasteiger partial charge in [-0.05, 0) is 49.1 Å². The average Bonchev–Trinajstić information content (AvgIpc) is 2.57. The van der Waals surface area contributed by atoms with Gasteiger partial charge in [-0.15, -0.1) is 0 Å². The Labute approximate surface area is 153 Å². The van der Waals surface area contributed by atoms with Gasteiger partial charge in [0.2, 0.25) is 10.0 Å². The van der Waals surface area contributed by atoms with Crippen LogP contribution in [0.2, 0.25) is 5.02 Å². The largest absolute Gasteiger partial charge is 0.387 e. The molecular weight excluding hydrogens is 360 g/mol. The zero-order chi connectivity index (χ0) is 18.4. The minimum absolute atomic E-state index is 0.105. The van der Waals surface area contributed by atoms with Gasteiger partial charge in [-0.3, -0.25) is 0 Å². The van der Waals surface area contributed by atoms with Crippen LogP contribution in [0.25, 0.3) is 0 Å². The topological polar surface area (TPSA) is 92.4 Å². The number of nitrogens with one attached hydrogen (secondary N) is 1. The molecule has 0 saturated heterocycles. The molecule has 2 aromatic rings. The summed E-state index contributed by atoms with van der Waals surface area (Å²) in [7, 11) is -3.87. The molecule has 4 N–H and O–H groups in total. The molecule has 0 aliphatic heterocycles. The Bertz CT molecular complexity index is 797. The number of aliphatic hydroxyl groups excluding tert-OH is 1. The van der Waals surface area contributed by atoms with Gasteiger partial charge in [0.05, 0.1) is 11.0 Å². The van der Waals surface area contributed by atoms with E-state index in [4.69, 9.17) is 16.7 Å². The lowest BCUT2D eigenvalue weighted by Gasteiger charge is -2.18. The molecule has 0 saturated carbocycles. The zero-order valence-corrected chi connectivity index (χ0v) is 15.6. The van der Waals surface area contributed by atoms with Gasteiger partial charge < -0.3 is 10.4 Å². The number of hydrogen-bond donors (Lipinski definition) is 3. The van der Waals surface area contributed by atoms with E-state index in [-0.39, 0.29) is 16.0 Å². The molecule has 0 heterocycles. The Morgan fingerprint density at radius 2 is 1.88 bits per heavy atom. The summed E-state index contributed by atoms with van der Waals surface area (Å²) in [5.74, 6) is 0. The molecule has 7 heteroatoms. The van der Waals surface area contributed by atoms with E-state index in [9.17, 15) is 13.5 Å². The maximum Gasteiger partial charge on any atom is 0.238 e. The normalized spacial score (nSPS) is 14.2. The number of aryl methyl sites for hydroxylation is 1. The summed E-state index contributed by atoms with van der Waals surface area (Å²) in [4.78, 5) is -0.105. The lowest BCUT2D eigenvalue weighted by molar-refractivity contribution is 0.170. The molecule has 2 unspecified atom stereocenters. The number of sulfonamides is 1. The van der Waals surface area contributed by atoms with Crippen LogP contribution in [-0.2, 0) is 16.4 Å². The third-order valence-corrected chi connectivity index (χ3v) is 5.09. The standard InChI is InChI=1S/C18H23ClN2O3S/c1-13(7-8-14-5-3-2-4-6-14)21-12-18(22)15-9-16(19)11-17(10-15)25(20,23)24/h2-6,9-11,13,18,21-22H,7-8,12H2,1H3,(H2,20,23,24). The first-order valence-corrected chi connectivity index (χ1v) is 9.97. The van der Waals surface area contributed by atoms with Crippen LogP contribution in [0.1, 0.15) is 30.6 Å². The van der Waals surface area contributed by atoms with Gasteiger partial charge in [0.1, 0.15) is 0 Å². The van der Waals surface area contributed by atoms with Gasteiger partial charge in [-0.1, -0.05) is 41.9 Å². The van der Waals surface area contributed by atoms with Crippen LogP contribution in [0.15, 0.2) is 53.4 Å². The van der Waals surface area contributed by atoms with Gasteiger partial charge >= 0.3 is 0 Å². The summed E-state index contributed by atoms with van der Waals surface area (Å²) in [5.41, 5.74) is 1.68. The Kier molecular flexibility index (Phi) is 6.98. The van der Waals surface area contributed by atoms with Crippen molar-refractivity contribution in [1.82, 2.24) is 5.32 Å². The van der Waals surface area contributed by atoms with Crippen molar-refractivity contribution < 1.29 is 13.5 Å². The van der Waals surface area contributed by atoms with Crippen LogP contribution in [0.3, 0.4) is 0 Å². The van der Waals surface area contributed by atoms with Crippen LogP contribution in [0, 0.1) is 0 Å². The quantitative estimate of drug-likeness (QED) is 0.654. The molecule has 25 heavy (non-hydrogen) atoms. The number of benzene rings is 2. The van der Waals surface area contributed by atoms with Gasteiger partial charge in [0, 0.05) is 17.6 Å². The Morgan fingerprint density at radius 1 is 1.20 bits per heavy atom. The van der Waals surface area contributed by atoms with Crippen LogP contribution in [0.4, 0.5) is 0 Å². The van der Waals surface area contributed by atoms with Gasteiger partial charge in [0.15, 0.2) is 0 Å². The second kappa shape index (κ2) is 8.78. The average molecular weight is 383 g/mol. The van der Waals surface area contributed by atoms with Crippen LogP contribution < -0.4 is 10.5 Å². The van der Waals surface area contributed by atoms with E-state index in [0.717, 1.165) is 12.8 Å². The van der Waals surface area contributed by atoms with E-state index >= 15 is 0 Å². The highest BCUT2D eigenvalue weighted by molar-refractivity contribution is 7.89. The number of primary sulfonamides is 1. The Balaban J connectivity index is 1.91. The fraction of sp³-hybridized carbons (Fsp3) is 0.333. The van der Waals surface area contributed by atoms with Gasteiger partial charge in [-0.25, -0.2) is 13.6 Å². The minimum Gasteiger partial charge on any atom is -0.387 e. The molecule has 136 valence electrons.